The lowest BCUT2D eigenvalue weighted by molar-refractivity contribution is -0.147. The summed E-state index contributed by atoms with van der Waals surface area (Å²) in [6.07, 6.45) is -0.0709. The quantitative estimate of drug-likeness (QED) is 0.382. The highest BCUT2D eigenvalue weighted by molar-refractivity contribution is 7.18. The van der Waals surface area contributed by atoms with E-state index in [2.05, 4.69) is 10.1 Å². The van der Waals surface area contributed by atoms with E-state index in [4.69, 9.17) is 18.9 Å². The zero-order valence-corrected chi connectivity index (χ0v) is 19.5. The van der Waals surface area contributed by atoms with E-state index in [1.165, 1.54) is 21.1 Å². The number of esters is 3. The van der Waals surface area contributed by atoms with Gasteiger partial charge in [-0.15, -0.1) is 11.3 Å². The molecule has 0 saturated carbocycles. The van der Waals surface area contributed by atoms with Gasteiger partial charge in [0.05, 0.1) is 39.4 Å². The fourth-order valence-electron chi connectivity index (χ4n) is 2.67. The summed E-state index contributed by atoms with van der Waals surface area (Å²) in [5.74, 6) is -1.42. The molecule has 10 nitrogen and oxygen atoms in total. The van der Waals surface area contributed by atoms with Crippen molar-refractivity contribution in [1.29, 1.82) is 0 Å². The van der Waals surface area contributed by atoms with E-state index < -0.39 is 30.4 Å². The van der Waals surface area contributed by atoms with Gasteiger partial charge >= 0.3 is 17.9 Å². The summed E-state index contributed by atoms with van der Waals surface area (Å²) in [6.45, 7) is 3.47. The molecule has 0 spiro atoms. The van der Waals surface area contributed by atoms with E-state index >= 15 is 0 Å². The molecule has 2 rings (SSSR count). The highest BCUT2D eigenvalue weighted by atomic mass is 32.1. The molecule has 0 saturated heterocycles. The maximum absolute atomic E-state index is 12.2. The molecule has 178 valence electrons. The molecule has 1 heterocycles. The summed E-state index contributed by atoms with van der Waals surface area (Å²) in [7, 11) is 2.39. The second-order valence-electron chi connectivity index (χ2n) is 6.46. The van der Waals surface area contributed by atoms with Crippen LogP contribution in [-0.2, 0) is 23.8 Å². The van der Waals surface area contributed by atoms with Gasteiger partial charge in [0, 0.05) is 0 Å². The van der Waals surface area contributed by atoms with Crippen LogP contribution in [-0.4, -0.2) is 57.9 Å². The number of anilines is 1. The van der Waals surface area contributed by atoms with E-state index in [9.17, 15) is 19.2 Å². The van der Waals surface area contributed by atoms with E-state index in [0.717, 1.165) is 11.3 Å². The molecule has 1 aromatic heterocycles. The van der Waals surface area contributed by atoms with Crippen LogP contribution in [0.1, 0.15) is 38.9 Å². The van der Waals surface area contributed by atoms with E-state index in [1.807, 2.05) is 6.92 Å². The van der Waals surface area contributed by atoms with Crippen molar-refractivity contribution in [2.75, 3.05) is 39.4 Å². The molecular weight excluding hydrogens is 454 g/mol. The Hall–Kier alpha value is -3.60. The summed E-state index contributed by atoms with van der Waals surface area (Å²) in [6, 6.07) is 6.94. The lowest BCUT2D eigenvalue weighted by atomic mass is 10.1. The standard InChI is InChI=1S/C22H25NO9S/c1-5-30-14-6-8-15(9-7-14)31-11-10-17(25)32-12-16(24)23-20-18(21(26)28-3)13(2)19(33-20)22(27)29-4/h6-9H,5,10-12H2,1-4H3,(H,23,24). The summed E-state index contributed by atoms with van der Waals surface area (Å²) >= 11 is 0.864. The van der Waals surface area contributed by atoms with Gasteiger partial charge in [0.15, 0.2) is 6.61 Å². The minimum Gasteiger partial charge on any atom is -0.494 e. The minimum atomic E-state index is -0.724. The number of methoxy groups -OCH3 is 2. The van der Waals surface area contributed by atoms with Gasteiger partial charge in [-0.2, -0.15) is 0 Å². The first-order valence-corrected chi connectivity index (χ1v) is 10.7. The highest BCUT2D eigenvalue weighted by Gasteiger charge is 2.26. The molecule has 2 aromatic rings. The summed E-state index contributed by atoms with van der Waals surface area (Å²) in [4.78, 5) is 48.3. The molecule has 0 aliphatic rings. The Labute approximate surface area is 194 Å². The Balaban J connectivity index is 1.86. The summed E-state index contributed by atoms with van der Waals surface area (Å²) in [5.41, 5.74) is 0.351. The minimum absolute atomic E-state index is 0.0336. The third kappa shape index (κ3) is 7.21. The molecule has 0 atom stereocenters. The third-order valence-electron chi connectivity index (χ3n) is 4.23. The maximum atomic E-state index is 12.2. The Morgan fingerprint density at radius 2 is 1.55 bits per heavy atom. The molecule has 0 fully saturated rings. The van der Waals surface area contributed by atoms with Crippen molar-refractivity contribution in [3.63, 3.8) is 0 Å². The number of nitrogens with one attached hydrogen (secondary N) is 1. The number of hydrogen-bond donors (Lipinski definition) is 1. The maximum Gasteiger partial charge on any atom is 0.348 e. The van der Waals surface area contributed by atoms with Crippen molar-refractivity contribution < 1.29 is 42.9 Å². The lowest BCUT2D eigenvalue weighted by Crippen LogP contribution is -2.22. The molecule has 0 unspecified atom stereocenters. The van der Waals surface area contributed by atoms with Crippen LogP contribution < -0.4 is 14.8 Å². The number of amides is 1. The number of benzene rings is 1. The number of hydrogen-bond acceptors (Lipinski definition) is 10. The Bertz CT molecular complexity index is 998. The number of carbonyl (C=O) groups excluding carboxylic acids is 4. The molecular formula is C22H25NO9S. The van der Waals surface area contributed by atoms with Crippen LogP contribution in [0, 0.1) is 6.92 Å². The first-order chi connectivity index (χ1) is 15.8. The number of thiophene rings is 1. The van der Waals surface area contributed by atoms with Crippen LogP contribution in [0.3, 0.4) is 0 Å². The summed E-state index contributed by atoms with van der Waals surface area (Å²) < 4.78 is 25.2. The Morgan fingerprint density at radius 3 is 2.12 bits per heavy atom. The van der Waals surface area contributed by atoms with E-state index in [1.54, 1.807) is 24.3 Å². The topological polar surface area (TPSA) is 126 Å². The predicted molar refractivity (Wildman–Crippen MR) is 119 cm³/mol. The van der Waals surface area contributed by atoms with Gasteiger partial charge in [0.1, 0.15) is 21.4 Å². The predicted octanol–water partition coefficient (Wildman–Crippen LogP) is 2.98. The molecule has 0 bridgehead atoms. The molecule has 1 N–H and O–H groups in total. The smallest absolute Gasteiger partial charge is 0.348 e. The fourth-order valence-corrected chi connectivity index (χ4v) is 3.80. The van der Waals surface area contributed by atoms with Crippen LogP contribution >= 0.6 is 11.3 Å². The fraction of sp³-hybridized carbons (Fsp3) is 0.364. The number of ether oxygens (including phenoxy) is 5. The van der Waals surface area contributed by atoms with Gasteiger partial charge in [0.2, 0.25) is 0 Å². The average molecular weight is 480 g/mol. The molecule has 1 amide bonds. The number of rotatable bonds is 11. The molecule has 0 aliphatic carbocycles. The molecule has 1 aromatic carbocycles. The van der Waals surface area contributed by atoms with Gasteiger partial charge in [0.25, 0.3) is 5.91 Å². The molecule has 0 aliphatic heterocycles. The zero-order chi connectivity index (χ0) is 24.4. The van der Waals surface area contributed by atoms with Crippen molar-refractivity contribution in [1.82, 2.24) is 0 Å². The SMILES string of the molecule is CCOc1ccc(OCCC(=O)OCC(=O)Nc2sc(C(=O)OC)c(C)c2C(=O)OC)cc1. The van der Waals surface area contributed by atoms with Gasteiger partial charge in [-0.05, 0) is 43.7 Å². The monoisotopic (exact) mass is 479 g/mol. The number of carbonyl (C=O) groups is 4. The van der Waals surface area contributed by atoms with Gasteiger partial charge < -0.3 is 29.0 Å². The van der Waals surface area contributed by atoms with E-state index in [0.29, 0.717) is 23.7 Å². The second-order valence-corrected chi connectivity index (χ2v) is 7.48. The van der Waals surface area contributed by atoms with Gasteiger partial charge in [-0.25, -0.2) is 9.59 Å². The van der Waals surface area contributed by atoms with Crippen LogP contribution in [0.5, 0.6) is 11.5 Å². The second kappa shape index (κ2) is 12.4. The Morgan fingerprint density at radius 1 is 0.939 bits per heavy atom. The van der Waals surface area contributed by atoms with Crippen molar-refractivity contribution >= 4 is 40.2 Å². The highest BCUT2D eigenvalue weighted by Crippen LogP contribution is 2.34. The molecule has 33 heavy (non-hydrogen) atoms. The van der Waals surface area contributed by atoms with Crippen molar-refractivity contribution in [3.05, 3.63) is 40.3 Å². The first kappa shape index (κ1) is 25.7. The normalized spacial score (nSPS) is 10.2. The molecule has 11 heteroatoms. The van der Waals surface area contributed by atoms with Gasteiger partial charge in [-0.3, -0.25) is 9.59 Å². The average Bonchev–Trinajstić information content (AvgIpc) is 3.13. The van der Waals surface area contributed by atoms with E-state index in [-0.39, 0.29) is 28.5 Å². The van der Waals surface area contributed by atoms with Gasteiger partial charge in [-0.1, -0.05) is 0 Å². The lowest BCUT2D eigenvalue weighted by Gasteiger charge is -2.09. The third-order valence-corrected chi connectivity index (χ3v) is 5.42. The molecule has 0 radical (unpaired) electrons. The van der Waals surface area contributed by atoms with Crippen LogP contribution in [0.15, 0.2) is 24.3 Å². The zero-order valence-electron chi connectivity index (χ0n) is 18.7. The van der Waals surface area contributed by atoms with Crippen molar-refractivity contribution in [3.8, 4) is 11.5 Å². The summed E-state index contributed by atoms with van der Waals surface area (Å²) in [5, 5.41) is 2.57. The van der Waals surface area contributed by atoms with Crippen LogP contribution in [0.25, 0.3) is 0 Å². The first-order valence-electron chi connectivity index (χ1n) is 9.91. The largest absolute Gasteiger partial charge is 0.494 e. The van der Waals surface area contributed by atoms with Crippen molar-refractivity contribution in [2.24, 2.45) is 0 Å². The van der Waals surface area contributed by atoms with Crippen molar-refractivity contribution in [2.45, 2.75) is 20.3 Å². The Kier molecular flexibility index (Phi) is 9.67. The van der Waals surface area contributed by atoms with Crippen LogP contribution in [0.4, 0.5) is 5.00 Å². The van der Waals surface area contributed by atoms with Crippen LogP contribution in [0.2, 0.25) is 0 Å².